The number of halogens is 2. The van der Waals surface area contributed by atoms with Crippen LogP contribution in [0.3, 0.4) is 0 Å². The summed E-state index contributed by atoms with van der Waals surface area (Å²) in [6, 6.07) is 8.31. The van der Waals surface area contributed by atoms with Crippen molar-refractivity contribution < 1.29 is 30.9 Å². The Morgan fingerprint density at radius 3 is 1.90 bits per heavy atom. The van der Waals surface area contributed by atoms with E-state index in [0.29, 0.717) is 5.92 Å². The van der Waals surface area contributed by atoms with E-state index in [4.69, 9.17) is 4.74 Å². The molecular formula is C25H34Cl2OZr. The van der Waals surface area contributed by atoms with Crippen molar-refractivity contribution in [2.24, 2.45) is 16.7 Å². The number of benzene rings is 1. The average molecular weight is 513 g/mol. The van der Waals surface area contributed by atoms with Crippen LogP contribution >= 0.6 is 24.8 Å². The Morgan fingerprint density at radius 2 is 1.55 bits per heavy atom. The zero-order valence-electron chi connectivity index (χ0n) is 18.6. The molecule has 0 heterocycles. The minimum absolute atomic E-state index is 0. The second kappa shape index (κ2) is 13.0. The van der Waals surface area contributed by atoms with Crippen LogP contribution in [0, 0.1) is 28.9 Å². The summed E-state index contributed by atoms with van der Waals surface area (Å²) in [5, 5.41) is 0. The van der Waals surface area contributed by atoms with Gasteiger partial charge >= 0.3 is 26.2 Å². The van der Waals surface area contributed by atoms with Crippen molar-refractivity contribution >= 4 is 30.4 Å². The van der Waals surface area contributed by atoms with Crippen molar-refractivity contribution in [2.75, 3.05) is 7.11 Å². The van der Waals surface area contributed by atoms with Gasteiger partial charge in [-0.3, -0.25) is 6.08 Å². The molecule has 2 aliphatic carbocycles. The first-order chi connectivity index (χ1) is 12.1. The van der Waals surface area contributed by atoms with Crippen LogP contribution in [0.2, 0.25) is 0 Å². The smallest absolute Gasteiger partial charge is 0.497 e. The maximum Gasteiger partial charge on any atom is 2.00 e. The molecule has 1 unspecified atom stereocenters. The Kier molecular flexibility index (Phi) is 13.7. The molecule has 1 aromatic rings. The Morgan fingerprint density at radius 1 is 0.966 bits per heavy atom. The van der Waals surface area contributed by atoms with E-state index in [9.17, 15) is 0 Å². The van der Waals surface area contributed by atoms with E-state index in [1.807, 2.05) is 24.3 Å². The van der Waals surface area contributed by atoms with E-state index >= 15 is 0 Å². The van der Waals surface area contributed by atoms with Crippen LogP contribution in [0.15, 0.2) is 54.1 Å². The van der Waals surface area contributed by atoms with Gasteiger partial charge in [0.15, 0.2) is 0 Å². The summed E-state index contributed by atoms with van der Waals surface area (Å²) in [5.74, 6) is 1.26. The summed E-state index contributed by atoms with van der Waals surface area (Å²) in [6.45, 7) is 13.6. The SMILES string of the molecule is COc1ccc(C2=[C-]C(C(C)(C)C)C=C2C(C)(C)C)cc1.Cl.Cl.[C-]1=CC=CC1.[Zr+2]. The third-order valence-electron chi connectivity index (χ3n) is 4.61. The summed E-state index contributed by atoms with van der Waals surface area (Å²) >= 11 is 0. The first-order valence-electron chi connectivity index (χ1n) is 9.35. The Hall–Kier alpha value is -0.557. The molecule has 3 rings (SSSR count). The van der Waals surface area contributed by atoms with Gasteiger partial charge in [0.2, 0.25) is 0 Å². The monoisotopic (exact) mass is 510 g/mol. The van der Waals surface area contributed by atoms with E-state index in [0.717, 1.165) is 12.2 Å². The van der Waals surface area contributed by atoms with Crippen molar-refractivity contribution in [3.8, 4) is 5.75 Å². The normalized spacial score (nSPS) is 17.0. The van der Waals surface area contributed by atoms with Crippen molar-refractivity contribution in [3.63, 3.8) is 0 Å². The molecule has 0 aliphatic heterocycles. The predicted molar refractivity (Wildman–Crippen MR) is 126 cm³/mol. The fourth-order valence-electron chi connectivity index (χ4n) is 2.95. The number of hydrogen-bond acceptors (Lipinski definition) is 1. The van der Waals surface area contributed by atoms with Crippen LogP contribution in [0.5, 0.6) is 5.75 Å². The molecule has 1 aromatic carbocycles. The first kappa shape index (κ1) is 30.6. The molecule has 0 saturated heterocycles. The maximum atomic E-state index is 5.26. The van der Waals surface area contributed by atoms with Gasteiger partial charge in [-0.15, -0.1) is 60.6 Å². The van der Waals surface area contributed by atoms with Gasteiger partial charge in [0.1, 0.15) is 5.75 Å². The molecule has 0 saturated carbocycles. The third-order valence-corrected chi connectivity index (χ3v) is 4.61. The van der Waals surface area contributed by atoms with Crippen LogP contribution < -0.4 is 4.74 Å². The Bertz CT molecular complexity index is 720. The largest absolute Gasteiger partial charge is 2.00 e. The van der Waals surface area contributed by atoms with Crippen molar-refractivity contribution in [3.05, 3.63) is 71.9 Å². The van der Waals surface area contributed by atoms with Gasteiger partial charge in [0, 0.05) is 0 Å². The molecule has 0 spiro atoms. The van der Waals surface area contributed by atoms with E-state index in [2.05, 4.69) is 78.0 Å². The minimum Gasteiger partial charge on any atom is -0.497 e. The summed E-state index contributed by atoms with van der Waals surface area (Å²) < 4.78 is 5.26. The fourth-order valence-corrected chi connectivity index (χ4v) is 2.95. The summed E-state index contributed by atoms with van der Waals surface area (Å²) in [7, 11) is 1.70. The molecule has 0 aromatic heterocycles. The molecule has 4 heteroatoms. The zero-order valence-corrected chi connectivity index (χ0v) is 22.7. The molecule has 0 amide bonds. The van der Waals surface area contributed by atoms with Crippen LogP contribution in [-0.2, 0) is 26.2 Å². The van der Waals surface area contributed by atoms with Gasteiger partial charge in [0.05, 0.1) is 7.11 Å². The van der Waals surface area contributed by atoms with Crippen LogP contribution in [0.4, 0.5) is 0 Å². The number of hydrogen-bond donors (Lipinski definition) is 0. The minimum atomic E-state index is 0. The van der Waals surface area contributed by atoms with Gasteiger partial charge in [-0.1, -0.05) is 52.9 Å². The molecule has 0 fully saturated rings. The number of methoxy groups -OCH3 is 1. The molecule has 0 N–H and O–H groups in total. The number of allylic oxidation sites excluding steroid dienone is 8. The molecule has 0 radical (unpaired) electrons. The van der Waals surface area contributed by atoms with Gasteiger partial charge < -0.3 is 4.74 Å². The number of ether oxygens (including phenoxy) is 1. The molecule has 1 nitrogen and oxygen atoms in total. The third kappa shape index (κ3) is 8.99. The van der Waals surface area contributed by atoms with E-state index in [-0.39, 0.29) is 61.8 Å². The standard InChI is InChI=1S/C20H27O.C5H5.2ClH.Zr/c1-19(2,3)15-12-17(18(13-15)20(4,5)6)14-8-10-16(21-7)11-9-14;1-2-4-5-3-1;;;/h8-11,13,15H,1-7H3;1-3H,4H2;2*1H;/q2*-1;;;+2. The van der Waals surface area contributed by atoms with Gasteiger partial charge in [0.25, 0.3) is 0 Å². The van der Waals surface area contributed by atoms with Crippen molar-refractivity contribution in [2.45, 2.75) is 48.0 Å². The topological polar surface area (TPSA) is 9.23 Å². The van der Waals surface area contributed by atoms with Crippen LogP contribution in [0.1, 0.15) is 53.5 Å². The quantitative estimate of drug-likeness (QED) is 0.369. The second-order valence-electron chi connectivity index (χ2n) is 8.92. The van der Waals surface area contributed by atoms with Crippen molar-refractivity contribution in [1.29, 1.82) is 0 Å². The molecule has 2 aliphatic rings. The van der Waals surface area contributed by atoms with Gasteiger partial charge in [-0.2, -0.15) is 17.7 Å². The zero-order chi connectivity index (χ0) is 19.4. The Labute approximate surface area is 209 Å². The fraction of sp³-hybridized carbons (Fsp3) is 0.440. The Balaban J connectivity index is 0. The van der Waals surface area contributed by atoms with Gasteiger partial charge in [-0.25, -0.2) is 12.2 Å². The first-order valence-corrected chi connectivity index (χ1v) is 9.35. The van der Waals surface area contributed by atoms with Crippen LogP contribution in [-0.4, -0.2) is 7.11 Å². The summed E-state index contributed by atoms with van der Waals surface area (Å²) in [4.78, 5) is 0. The summed E-state index contributed by atoms with van der Waals surface area (Å²) in [5.41, 5.74) is 4.20. The van der Waals surface area contributed by atoms with E-state index < -0.39 is 0 Å². The average Bonchev–Trinajstić information content (AvgIpc) is 3.26. The molecule has 1 atom stereocenters. The summed E-state index contributed by atoms with van der Waals surface area (Å²) in [6.07, 6.45) is 16.1. The molecule has 158 valence electrons. The van der Waals surface area contributed by atoms with E-state index in [1.165, 1.54) is 16.7 Å². The predicted octanol–water partition coefficient (Wildman–Crippen LogP) is 7.68. The van der Waals surface area contributed by atoms with Crippen LogP contribution in [0.25, 0.3) is 5.57 Å². The maximum absolute atomic E-state index is 5.26. The molecule has 29 heavy (non-hydrogen) atoms. The second-order valence-corrected chi connectivity index (χ2v) is 8.92. The van der Waals surface area contributed by atoms with E-state index in [1.54, 1.807) is 7.11 Å². The van der Waals surface area contributed by atoms with Crippen molar-refractivity contribution in [1.82, 2.24) is 0 Å². The molecular weight excluding hydrogens is 478 g/mol. The van der Waals surface area contributed by atoms with Gasteiger partial charge in [-0.05, 0) is 17.5 Å². The number of rotatable bonds is 2. The molecule has 0 bridgehead atoms.